The highest BCUT2D eigenvalue weighted by Crippen LogP contribution is 2.21. The first kappa shape index (κ1) is 17.7. The maximum Gasteiger partial charge on any atom is 0.233 e. The van der Waals surface area contributed by atoms with Crippen molar-refractivity contribution in [3.05, 3.63) is 53.5 Å². The third-order valence-electron chi connectivity index (χ3n) is 3.81. The van der Waals surface area contributed by atoms with Gasteiger partial charge in [-0.1, -0.05) is 19.9 Å². The van der Waals surface area contributed by atoms with Gasteiger partial charge in [-0.15, -0.1) is 0 Å². The molecule has 2 aromatic heterocycles. The van der Waals surface area contributed by atoms with E-state index >= 15 is 0 Å². The molecule has 9 heteroatoms. The van der Waals surface area contributed by atoms with Crippen LogP contribution in [0.15, 0.2) is 30.6 Å². The largest absolute Gasteiger partial charge is 0.347 e. The summed E-state index contributed by atoms with van der Waals surface area (Å²) in [6.45, 7) is 5.84. The lowest BCUT2D eigenvalue weighted by atomic mass is 10.1. The summed E-state index contributed by atoms with van der Waals surface area (Å²) >= 11 is 0. The van der Waals surface area contributed by atoms with Crippen LogP contribution in [0.4, 0.5) is 26.5 Å². The molecule has 136 valence electrons. The van der Waals surface area contributed by atoms with Crippen molar-refractivity contribution in [2.75, 3.05) is 10.6 Å². The number of nitrogens with one attached hydrogen (secondary N) is 3. The first-order valence-electron chi connectivity index (χ1n) is 8.15. The van der Waals surface area contributed by atoms with Gasteiger partial charge in [0.2, 0.25) is 11.9 Å². The number of hydrogen-bond acceptors (Lipinski definition) is 6. The van der Waals surface area contributed by atoms with Crippen LogP contribution in [0.5, 0.6) is 0 Å². The number of halogens is 2. The lowest BCUT2D eigenvalue weighted by Gasteiger charge is -2.15. The van der Waals surface area contributed by atoms with E-state index < -0.39 is 17.7 Å². The van der Waals surface area contributed by atoms with Crippen molar-refractivity contribution in [1.82, 2.24) is 25.1 Å². The molecule has 1 atom stereocenters. The van der Waals surface area contributed by atoms with Gasteiger partial charge in [0.1, 0.15) is 18.0 Å². The van der Waals surface area contributed by atoms with Gasteiger partial charge in [0.05, 0.1) is 6.04 Å². The summed E-state index contributed by atoms with van der Waals surface area (Å²) in [5.74, 6) is 0.220. The van der Waals surface area contributed by atoms with Crippen molar-refractivity contribution in [3.63, 3.8) is 0 Å². The molecule has 0 saturated heterocycles. The van der Waals surface area contributed by atoms with Gasteiger partial charge >= 0.3 is 0 Å². The summed E-state index contributed by atoms with van der Waals surface area (Å²) in [6.07, 6.45) is 1.33. The van der Waals surface area contributed by atoms with Gasteiger partial charge in [0, 0.05) is 23.4 Å². The molecule has 0 bridgehead atoms. The number of aromatic nitrogens is 5. The molecule has 0 fully saturated rings. The van der Waals surface area contributed by atoms with Crippen molar-refractivity contribution < 1.29 is 8.78 Å². The normalized spacial score (nSPS) is 12.2. The van der Waals surface area contributed by atoms with E-state index in [0.717, 1.165) is 11.8 Å². The molecule has 3 aromatic rings. The zero-order valence-electron chi connectivity index (χ0n) is 14.6. The second-order valence-electron chi connectivity index (χ2n) is 6.15. The molecule has 1 unspecified atom stereocenters. The highest BCUT2D eigenvalue weighted by Gasteiger charge is 2.13. The molecule has 3 rings (SSSR count). The Morgan fingerprint density at radius 2 is 1.81 bits per heavy atom. The molecule has 0 amide bonds. The van der Waals surface area contributed by atoms with E-state index in [-0.39, 0.29) is 5.95 Å². The quantitative estimate of drug-likeness (QED) is 0.618. The van der Waals surface area contributed by atoms with Gasteiger partial charge in [-0.3, -0.25) is 5.10 Å². The lowest BCUT2D eigenvalue weighted by molar-refractivity contribution is 0.566. The van der Waals surface area contributed by atoms with Crippen LogP contribution in [0.2, 0.25) is 0 Å². The van der Waals surface area contributed by atoms with Crippen molar-refractivity contribution >= 4 is 17.7 Å². The molecule has 0 aliphatic heterocycles. The Kier molecular flexibility index (Phi) is 5.06. The van der Waals surface area contributed by atoms with E-state index in [9.17, 15) is 8.78 Å². The number of H-pyrrole nitrogens is 1. The van der Waals surface area contributed by atoms with E-state index in [1.807, 2.05) is 6.07 Å². The van der Waals surface area contributed by atoms with Crippen LogP contribution in [0.1, 0.15) is 44.0 Å². The molecule has 0 aliphatic rings. The van der Waals surface area contributed by atoms with Gasteiger partial charge in [-0.25, -0.2) is 18.7 Å². The number of anilines is 3. The maximum atomic E-state index is 13.9. The van der Waals surface area contributed by atoms with Gasteiger partial charge in [0.25, 0.3) is 0 Å². The van der Waals surface area contributed by atoms with Gasteiger partial charge in [-0.05, 0) is 18.9 Å². The number of benzene rings is 1. The first-order valence-corrected chi connectivity index (χ1v) is 8.15. The molecule has 7 nitrogen and oxygen atoms in total. The van der Waals surface area contributed by atoms with Crippen LogP contribution in [-0.4, -0.2) is 25.1 Å². The van der Waals surface area contributed by atoms with Gasteiger partial charge in [-0.2, -0.15) is 10.1 Å². The van der Waals surface area contributed by atoms with Gasteiger partial charge < -0.3 is 10.6 Å². The molecule has 0 saturated carbocycles. The third-order valence-corrected chi connectivity index (χ3v) is 3.81. The fourth-order valence-electron chi connectivity index (χ4n) is 2.36. The Labute approximate surface area is 149 Å². The summed E-state index contributed by atoms with van der Waals surface area (Å²) < 4.78 is 26.9. The molecular formula is C17H19F2N7. The summed E-state index contributed by atoms with van der Waals surface area (Å²) in [5.41, 5.74) is 1.30. The zero-order valence-corrected chi connectivity index (χ0v) is 14.6. The van der Waals surface area contributed by atoms with Crippen LogP contribution in [-0.2, 0) is 0 Å². The highest BCUT2D eigenvalue weighted by atomic mass is 19.1. The Hall–Kier alpha value is -3.10. The Morgan fingerprint density at radius 3 is 2.50 bits per heavy atom. The van der Waals surface area contributed by atoms with Gasteiger partial charge in [0.15, 0.2) is 5.82 Å². The molecule has 26 heavy (non-hydrogen) atoms. The number of rotatable bonds is 6. The summed E-state index contributed by atoms with van der Waals surface area (Å²) in [7, 11) is 0. The standard InChI is InChI=1S/C17H19F2N7/c1-9(2)14-7-15(26-25-14)23-17-21-8-20-16(24-17)22-10(3)12-5-4-11(18)6-13(12)19/h4-10H,1-3H3,(H3,20,21,22,23,24,25,26). The van der Waals surface area contributed by atoms with Crippen LogP contribution >= 0.6 is 0 Å². The van der Waals surface area contributed by atoms with E-state index in [1.165, 1.54) is 18.5 Å². The summed E-state index contributed by atoms with van der Waals surface area (Å²) in [6, 6.07) is 4.86. The molecule has 3 N–H and O–H groups in total. The highest BCUT2D eigenvalue weighted by molar-refractivity contribution is 5.49. The second-order valence-corrected chi connectivity index (χ2v) is 6.15. The predicted molar refractivity (Wildman–Crippen MR) is 94.2 cm³/mol. The van der Waals surface area contributed by atoms with E-state index in [1.54, 1.807) is 6.92 Å². The maximum absolute atomic E-state index is 13.9. The smallest absolute Gasteiger partial charge is 0.233 e. The lowest BCUT2D eigenvalue weighted by Crippen LogP contribution is -2.12. The van der Waals surface area contributed by atoms with Crippen LogP contribution in [0.3, 0.4) is 0 Å². The summed E-state index contributed by atoms with van der Waals surface area (Å²) in [5, 5.41) is 13.0. The SMILES string of the molecule is CC(C)c1cc(Nc2ncnc(NC(C)c3ccc(F)cc3F)n2)n[nH]1. The molecule has 0 aliphatic carbocycles. The molecule has 2 heterocycles. The van der Waals surface area contributed by atoms with Crippen molar-refractivity contribution in [2.45, 2.75) is 32.7 Å². The Morgan fingerprint density at radius 1 is 1.04 bits per heavy atom. The van der Waals surface area contributed by atoms with Crippen molar-refractivity contribution in [1.29, 1.82) is 0 Å². The Bertz CT molecular complexity index is 894. The second kappa shape index (κ2) is 7.42. The van der Waals surface area contributed by atoms with Crippen LogP contribution < -0.4 is 10.6 Å². The fourth-order valence-corrected chi connectivity index (χ4v) is 2.36. The average Bonchev–Trinajstić information content (AvgIpc) is 3.04. The van der Waals surface area contributed by atoms with E-state index in [2.05, 4.69) is 49.6 Å². The van der Waals surface area contributed by atoms with Crippen LogP contribution in [0.25, 0.3) is 0 Å². The molecule has 0 radical (unpaired) electrons. The minimum absolute atomic E-state index is 0.262. The van der Waals surface area contributed by atoms with Crippen LogP contribution in [0, 0.1) is 11.6 Å². The van der Waals surface area contributed by atoms with E-state index in [4.69, 9.17) is 0 Å². The minimum Gasteiger partial charge on any atom is -0.347 e. The number of aromatic amines is 1. The van der Waals surface area contributed by atoms with Crippen molar-refractivity contribution in [2.24, 2.45) is 0 Å². The molecule has 1 aromatic carbocycles. The number of hydrogen-bond donors (Lipinski definition) is 3. The fraction of sp³-hybridized carbons (Fsp3) is 0.294. The Balaban J connectivity index is 1.72. The third kappa shape index (κ3) is 4.11. The summed E-state index contributed by atoms with van der Waals surface area (Å²) in [4.78, 5) is 12.3. The first-order chi connectivity index (χ1) is 12.4. The number of nitrogens with zero attached hydrogens (tertiary/aromatic N) is 4. The minimum atomic E-state index is -0.629. The topological polar surface area (TPSA) is 91.4 Å². The monoisotopic (exact) mass is 359 g/mol. The predicted octanol–water partition coefficient (Wildman–Crippen LogP) is 3.91. The van der Waals surface area contributed by atoms with E-state index in [0.29, 0.717) is 23.2 Å². The molecule has 0 spiro atoms. The molecular weight excluding hydrogens is 340 g/mol. The van der Waals surface area contributed by atoms with Crippen molar-refractivity contribution in [3.8, 4) is 0 Å². The average molecular weight is 359 g/mol. The zero-order chi connectivity index (χ0) is 18.7.